The molecule has 5 rings (SSSR count). The predicted molar refractivity (Wildman–Crippen MR) is 160 cm³/mol. The third-order valence-corrected chi connectivity index (χ3v) is 8.09. The van der Waals surface area contributed by atoms with E-state index in [-0.39, 0.29) is 5.91 Å². The molecule has 1 saturated carbocycles. The molecule has 0 radical (unpaired) electrons. The fraction of sp³-hybridized carbons (Fsp3) is 0.500. The van der Waals surface area contributed by atoms with E-state index >= 15 is 0 Å². The van der Waals surface area contributed by atoms with Crippen LogP contribution in [-0.4, -0.2) is 78.7 Å². The first-order valence-corrected chi connectivity index (χ1v) is 14.5. The van der Waals surface area contributed by atoms with E-state index in [1.807, 2.05) is 58.1 Å². The van der Waals surface area contributed by atoms with Crippen molar-refractivity contribution in [2.24, 2.45) is 0 Å². The van der Waals surface area contributed by atoms with Crippen molar-refractivity contribution in [1.29, 1.82) is 0 Å². The van der Waals surface area contributed by atoms with Crippen LogP contribution in [0.3, 0.4) is 0 Å². The Morgan fingerprint density at radius 2 is 1.67 bits per heavy atom. The second-order valence-electron chi connectivity index (χ2n) is 10.8. The average Bonchev–Trinajstić information content (AvgIpc) is 3.19. The van der Waals surface area contributed by atoms with E-state index in [0.29, 0.717) is 37.7 Å². The van der Waals surface area contributed by atoms with Crippen molar-refractivity contribution in [2.75, 3.05) is 52.2 Å². The van der Waals surface area contributed by atoms with Gasteiger partial charge in [-0.3, -0.25) is 4.79 Å². The lowest BCUT2D eigenvalue weighted by atomic mass is 9.81. The van der Waals surface area contributed by atoms with E-state index in [4.69, 9.17) is 0 Å². The summed E-state index contributed by atoms with van der Waals surface area (Å²) in [6.07, 6.45) is 6.06. The van der Waals surface area contributed by atoms with Gasteiger partial charge in [-0.1, -0.05) is 57.4 Å². The average molecular weight is 533 g/mol. The zero-order valence-corrected chi connectivity index (χ0v) is 24.2. The third kappa shape index (κ3) is 5.98. The van der Waals surface area contributed by atoms with Crippen LogP contribution in [-0.2, 0) is 11.3 Å². The van der Waals surface area contributed by atoms with Crippen molar-refractivity contribution in [3.63, 3.8) is 0 Å². The molecule has 0 bridgehead atoms. The molecule has 1 N–H and O–H groups in total. The number of rotatable bonds is 7. The highest BCUT2D eigenvalue weighted by Gasteiger charge is 2.31. The molecular weight excluding hydrogens is 488 g/mol. The maximum Gasteiger partial charge on any atom is 0.335 e. The number of nitrogens with zero attached hydrogens (tertiary/aromatic N) is 4. The minimum atomic E-state index is -0.904. The zero-order valence-electron chi connectivity index (χ0n) is 24.2. The number of carbonyl (C=O) groups excluding carboxylic acids is 1. The molecule has 1 fully saturated rings. The monoisotopic (exact) mass is 532 g/mol. The first-order chi connectivity index (χ1) is 18.8. The topological polar surface area (TPSA) is 69.0 Å². The Kier molecular flexibility index (Phi) is 9.33. The van der Waals surface area contributed by atoms with Gasteiger partial charge in [-0.05, 0) is 56.6 Å². The Labute approximate surface area is 233 Å². The second-order valence-corrected chi connectivity index (χ2v) is 10.8. The summed E-state index contributed by atoms with van der Waals surface area (Å²) in [7, 11) is 5.91. The largest absolute Gasteiger partial charge is 0.478 e. The molecule has 1 aromatic heterocycles. The quantitative estimate of drug-likeness (QED) is 0.409. The molecule has 0 atom stereocenters. The van der Waals surface area contributed by atoms with Gasteiger partial charge in [-0.25, -0.2) is 4.79 Å². The Bertz CT molecular complexity index is 1310. The number of carbonyl (C=O) groups is 2. The zero-order chi connectivity index (χ0) is 28.1. The molecule has 1 amide bonds. The van der Waals surface area contributed by atoms with Crippen molar-refractivity contribution >= 4 is 28.5 Å². The van der Waals surface area contributed by atoms with Gasteiger partial charge in [0.1, 0.15) is 0 Å². The first kappa shape index (κ1) is 28.7. The van der Waals surface area contributed by atoms with Crippen molar-refractivity contribution in [3.05, 3.63) is 53.6 Å². The van der Waals surface area contributed by atoms with Crippen LogP contribution in [0, 0.1) is 0 Å². The lowest BCUT2D eigenvalue weighted by molar-refractivity contribution is -0.128. The van der Waals surface area contributed by atoms with E-state index in [1.165, 1.54) is 35.9 Å². The number of carboxylic acid groups (broad SMARTS) is 1. The number of amides is 1. The molecule has 2 aromatic carbocycles. The Balaban J connectivity index is 0.00000172. The smallest absolute Gasteiger partial charge is 0.335 e. The maximum atomic E-state index is 13.2. The van der Waals surface area contributed by atoms with Gasteiger partial charge in [0, 0.05) is 55.4 Å². The Morgan fingerprint density at radius 3 is 2.36 bits per heavy atom. The molecule has 0 spiro atoms. The summed E-state index contributed by atoms with van der Waals surface area (Å²) in [6.45, 7) is 7.22. The summed E-state index contributed by atoms with van der Waals surface area (Å²) in [6, 6.07) is 14.0. The van der Waals surface area contributed by atoms with Gasteiger partial charge in [0.25, 0.3) is 0 Å². The minimum Gasteiger partial charge on any atom is -0.478 e. The van der Waals surface area contributed by atoms with Crippen LogP contribution >= 0.6 is 0 Å². The molecule has 7 nitrogen and oxygen atoms in total. The molecule has 2 aliphatic rings. The first-order valence-electron chi connectivity index (χ1n) is 14.5. The lowest BCUT2D eigenvalue weighted by Crippen LogP contribution is -2.41. The molecule has 1 aliphatic carbocycles. The number of anilines is 1. The number of carboxylic acids is 1. The minimum absolute atomic E-state index is 0.105. The molecule has 0 saturated heterocycles. The summed E-state index contributed by atoms with van der Waals surface area (Å²) < 4.78 is 2.32. The van der Waals surface area contributed by atoms with Crippen molar-refractivity contribution < 1.29 is 14.7 Å². The van der Waals surface area contributed by atoms with E-state index in [2.05, 4.69) is 32.6 Å². The SMILES string of the molecule is CC.CN(C)CCN(C)C(=O)CN1CCn2c(c(C3CCCCC3)c3ccc(C(=O)O)cc32)-c2ccccc21. The lowest BCUT2D eigenvalue weighted by Gasteiger charge is -2.28. The molecule has 210 valence electrons. The molecule has 1 aliphatic heterocycles. The van der Waals surface area contributed by atoms with E-state index in [0.717, 1.165) is 36.2 Å². The van der Waals surface area contributed by atoms with E-state index < -0.39 is 5.97 Å². The number of hydrogen-bond donors (Lipinski definition) is 1. The van der Waals surface area contributed by atoms with Gasteiger partial charge in [-0.15, -0.1) is 0 Å². The third-order valence-electron chi connectivity index (χ3n) is 8.09. The van der Waals surface area contributed by atoms with E-state index in [1.54, 1.807) is 6.07 Å². The highest BCUT2D eigenvalue weighted by atomic mass is 16.4. The molecule has 3 aromatic rings. The van der Waals surface area contributed by atoms with Gasteiger partial charge in [0.05, 0.1) is 17.8 Å². The number of benzene rings is 2. The second kappa shape index (κ2) is 12.7. The van der Waals surface area contributed by atoms with Crippen LogP contribution in [0.15, 0.2) is 42.5 Å². The van der Waals surface area contributed by atoms with Gasteiger partial charge in [0.15, 0.2) is 0 Å². The highest BCUT2D eigenvalue weighted by molar-refractivity contribution is 6.00. The van der Waals surface area contributed by atoms with Crippen LogP contribution in [0.4, 0.5) is 5.69 Å². The summed E-state index contributed by atoms with van der Waals surface area (Å²) in [5.41, 5.74) is 6.08. The highest BCUT2D eigenvalue weighted by Crippen LogP contribution is 2.47. The molecule has 0 unspecified atom stereocenters. The Morgan fingerprint density at radius 1 is 0.949 bits per heavy atom. The van der Waals surface area contributed by atoms with Crippen LogP contribution in [0.25, 0.3) is 22.2 Å². The summed E-state index contributed by atoms with van der Waals surface area (Å²) in [5.74, 6) is -0.339. The standard InChI is InChI=1S/C30H38N4O3.C2H6/c1-31(2)15-16-32(3)27(35)20-33-17-18-34-26-19-22(30(36)37)13-14-23(26)28(21-9-5-4-6-10-21)29(34)24-11-7-8-12-25(24)33;1-2/h7-8,11-14,19,21H,4-6,9-10,15-18,20H2,1-3H3,(H,36,37);1-2H3. The van der Waals surface area contributed by atoms with Crippen molar-refractivity contribution in [3.8, 4) is 11.3 Å². The number of aromatic nitrogens is 1. The van der Waals surface area contributed by atoms with Crippen LogP contribution in [0.5, 0.6) is 0 Å². The molecule has 2 heterocycles. The van der Waals surface area contributed by atoms with Crippen molar-refractivity contribution in [1.82, 2.24) is 14.4 Å². The predicted octanol–water partition coefficient (Wildman–Crippen LogP) is 5.92. The van der Waals surface area contributed by atoms with Gasteiger partial charge >= 0.3 is 5.97 Å². The van der Waals surface area contributed by atoms with Crippen LogP contribution < -0.4 is 4.90 Å². The summed E-state index contributed by atoms with van der Waals surface area (Å²) in [4.78, 5) is 31.2. The number of aromatic carboxylic acids is 1. The fourth-order valence-electron chi connectivity index (χ4n) is 6.05. The number of hydrogen-bond acceptors (Lipinski definition) is 4. The van der Waals surface area contributed by atoms with Gasteiger partial charge in [-0.2, -0.15) is 0 Å². The molecule has 39 heavy (non-hydrogen) atoms. The van der Waals surface area contributed by atoms with Gasteiger partial charge in [0.2, 0.25) is 5.91 Å². The van der Waals surface area contributed by atoms with Crippen LogP contribution in [0.1, 0.15) is 67.8 Å². The van der Waals surface area contributed by atoms with E-state index in [9.17, 15) is 14.7 Å². The molecule has 7 heteroatoms. The fourth-order valence-corrected chi connectivity index (χ4v) is 6.05. The number of fused-ring (bicyclic) bond motifs is 5. The number of para-hydroxylation sites is 1. The maximum absolute atomic E-state index is 13.2. The normalized spacial score (nSPS) is 15.3. The van der Waals surface area contributed by atoms with Crippen molar-refractivity contribution in [2.45, 2.75) is 58.4 Å². The van der Waals surface area contributed by atoms with Gasteiger partial charge < -0.3 is 24.4 Å². The van der Waals surface area contributed by atoms with Crippen LogP contribution in [0.2, 0.25) is 0 Å². The Hall–Kier alpha value is -3.32. The summed E-state index contributed by atoms with van der Waals surface area (Å²) >= 11 is 0. The summed E-state index contributed by atoms with van der Waals surface area (Å²) in [5, 5.41) is 10.9. The number of likely N-dealkylation sites (N-methyl/N-ethyl adjacent to an activating group) is 2. The molecular formula is C32H44N4O3.